The number of hydrogen-bond acceptors (Lipinski definition) is 3. The molecule has 2 aromatic heterocycles. The van der Waals surface area contributed by atoms with Gasteiger partial charge >= 0.3 is 0 Å². The van der Waals surface area contributed by atoms with Gasteiger partial charge in [-0.25, -0.2) is 0 Å². The van der Waals surface area contributed by atoms with Crippen molar-refractivity contribution in [3.05, 3.63) is 54.0 Å². The van der Waals surface area contributed by atoms with E-state index in [0.29, 0.717) is 5.92 Å². The molecule has 1 aromatic carbocycles. The SMILES string of the molecule is CC.Cc1ccc(-c2cc(C(=O)NCC3CCN(C)CC3)c3ccn(C)c3c2)cn1. The van der Waals surface area contributed by atoms with Gasteiger partial charge in [0.15, 0.2) is 0 Å². The number of carbonyl (C=O) groups excluding carboxylic acids is 1. The molecule has 0 saturated carbocycles. The van der Waals surface area contributed by atoms with Crippen molar-refractivity contribution >= 4 is 16.8 Å². The van der Waals surface area contributed by atoms with E-state index >= 15 is 0 Å². The zero-order valence-electron chi connectivity index (χ0n) is 18.9. The Kier molecular flexibility index (Phi) is 7.27. The number of fused-ring (bicyclic) bond motifs is 1. The number of nitrogens with zero attached hydrogens (tertiary/aromatic N) is 3. The van der Waals surface area contributed by atoms with Gasteiger partial charge in [0.2, 0.25) is 0 Å². The second-order valence-corrected chi connectivity index (χ2v) is 8.03. The number of likely N-dealkylation sites (tertiary alicyclic amines) is 1. The van der Waals surface area contributed by atoms with E-state index in [-0.39, 0.29) is 5.91 Å². The first-order valence-corrected chi connectivity index (χ1v) is 11.0. The summed E-state index contributed by atoms with van der Waals surface area (Å²) in [5.74, 6) is 0.577. The maximum Gasteiger partial charge on any atom is 0.251 e. The van der Waals surface area contributed by atoms with Gasteiger partial charge in [0, 0.05) is 53.7 Å². The zero-order chi connectivity index (χ0) is 21.7. The van der Waals surface area contributed by atoms with Crippen LogP contribution in [0.15, 0.2) is 42.7 Å². The van der Waals surface area contributed by atoms with Crippen molar-refractivity contribution in [3.63, 3.8) is 0 Å². The van der Waals surface area contributed by atoms with Gasteiger partial charge < -0.3 is 14.8 Å². The van der Waals surface area contributed by atoms with Gasteiger partial charge in [0.25, 0.3) is 5.91 Å². The highest BCUT2D eigenvalue weighted by molar-refractivity contribution is 6.08. The number of aryl methyl sites for hydroxylation is 2. The first-order valence-electron chi connectivity index (χ1n) is 11.0. The number of rotatable bonds is 4. The molecule has 1 saturated heterocycles. The van der Waals surface area contributed by atoms with E-state index in [9.17, 15) is 4.79 Å². The smallest absolute Gasteiger partial charge is 0.251 e. The lowest BCUT2D eigenvalue weighted by Crippen LogP contribution is -2.36. The Bertz CT molecular complexity index is 982. The van der Waals surface area contributed by atoms with Crippen molar-refractivity contribution in [3.8, 4) is 11.1 Å². The van der Waals surface area contributed by atoms with Crippen LogP contribution in [0.5, 0.6) is 0 Å². The molecule has 4 rings (SSSR count). The Labute approximate surface area is 180 Å². The normalized spacial score (nSPS) is 15.0. The number of piperidine rings is 1. The second-order valence-electron chi connectivity index (χ2n) is 8.03. The average Bonchev–Trinajstić information content (AvgIpc) is 3.15. The number of hydrogen-bond donors (Lipinski definition) is 1. The predicted molar refractivity (Wildman–Crippen MR) is 125 cm³/mol. The first kappa shape index (κ1) is 22.0. The summed E-state index contributed by atoms with van der Waals surface area (Å²) in [6.07, 6.45) is 6.18. The summed E-state index contributed by atoms with van der Waals surface area (Å²) in [5.41, 5.74) is 4.83. The number of nitrogens with one attached hydrogen (secondary N) is 1. The third kappa shape index (κ3) is 4.90. The maximum absolute atomic E-state index is 13.1. The van der Waals surface area contributed by atoms with E-state index in [4.69, 9.17) is 0 Å². The summed E-state index contributed by atoms with van der Waals surface area (Å²) in [4.78, 5) is 19.8. The summed E-state index contributed by atoms with van der Waals surface area (Å²) >= 11 is 0. The van der Waals surface area contributed by atoms with Crippen LogP contribution in [0.25, 0.3) is 22.0 Å². The summed E-state index contributed by atoms with van der Waals surface area (Å²) in [7, 11) is 4.17. The summed E-state index contributed by atoms with van der Waals surface area (Å²) in [6, 6.07) is 10.2. The molecule has 1 aliphatic rings. The van der Waals surface area contributed by atoms with Crippen LogP contribution in [0, 0.1) is 12.8 Å². The van der Waals surface area contributed by atoms with Crippen LogP contribution in [0.2, 0.25) is 0 Å². The molecule has 160 valence electrons. The van der Waals surface area contributed by atoms with Gasteiger partial charge in [-0.15, -0.1) is 0 Å². The number of pyridine rings is 1. The Morgan fingerprint density at radius 1 is 1.10 bits per heavy atom. The van der Waals surface area contributed by atoms with Crippen molar-refractivity contribution in [1.29, 1.82) is 0 Å². The molecule has 3 heterocycles. The molecular weight excluding hydrogens is 372 g/mol. The van der Waals surface area contributed by atoms with Gasteiger partial charge in [-0.05, 0) is 75.6 Å². The van der Waals surface area contributed by atoms with E-state index in [1.165, 1.54) is 0 Å². The van der Waals surface area contributed by atoms with E-state index in [1.807, 2.05) is 58.4 Å². The number of amides is 1. The van der Waals surface area contributed by atoms with Gasteiger partial charge in [0.05, 0.1) is 0 Å². The highest BCUT2D eigenvalue weighted by Crippen LogP contribution is 2.28. The van der Waals surface area contributed by atoms with E-state index in [1.54, 1.807) is 0 Å². The van der Waals surface area contributed by atoms with Crippen LogP contribution in [0.3, 0.4) is 0 Å². The lowest BCUT2D eigenvalue weighted by molar-refractivity contribution is 0.0940. The molecule has 0 unspecified atom stereocenters. The van der Waals surface area contributed by atoms with Crippen LogP contribution >= 0.6 is 0 Å². The fraction of sp³-hybridized carbons (Fsp3) is 0.440. The molecule has 0 aliphatic carbocycles. The Balaban J connectivity index is 0.00000124. The topological polar surface area (TPSA) is 50.2 Å². The predicted octanol–water partition coefficient (Wildman–Crippen LogP) is 4.65. The molecule has 0 atom stereocenters. The third-order valence-electron chi connectivity index (χ3n) is 5.88. The summed E-state index contributed by atoms with van der Waals surface area (Å²) < 4.78 is 2.06. The molecule has 3 aromatic rings. The number of benzene rings is 1. The van der Waals surface area contributed by atoms with Crippen molar-refractivity contribution < 1.29 is 4.79 Å². The Hall–Kier alpha value is -2.66. The van der Waals surface area contributed by atoms with Crippen molar-refractivity contribution in [2.45, 2.75) is 33.6 Å². The number of carbonyl (C=O) groups is 1. The fourth-order valence-electron chi connectivity index (χ4n) is 3.96. The van der Waals surface area contributed by atoms with Gasteiger partial charge in [-0.3, -0.25) is 9.78 Å². The van der Waals surface area contributed by atoms with Crippen LogP contribution in [-0.2, 0) is 7.05 Å². The molecule has 0 bridgehead atoms. The van der Waals surface area contributed by atoms with Gasteiger partial charge in [-0.2, -0.15) is 0 Å². The van der Waals surface area contributed by atoms with Crippen molar-refractivity contribution in [2.24, 2.45) is 13.0 Å². The van der Waals surface area contributed by atoms with Gasteiger partial charge in [0.1, 0.15) is 0 Å². The standard InChI is InChI=1S/C23H28N4O.C2H6/c1-16-4-5-18(15-24-16)19-12-21(20-8-11-27(3)22(20)13-19)23(28)25-14-17-6-9-26(2)10-7-17;1-2/h4-5,8,11-13,15,17H,6-7,9-10,14H2,1-3H3,(H,25,28);1-2H3. The van der Waals surface area contributed by atoms with E-state index in [0.717, 1.165) is 65.8 Å². The van der Waals surface area contributed by atoms with Crippen molar-refractivity contribution in [1.82, 2.24) is 19.8 Å². The zero-order valence-corrected chi connectivity index (χ0v) is 18.9. The van der Waals surface area contributed by atoms with Crippen LogP contribution in [0.4, 0.5) is 0 Å². The van der Waals surface area contributed by atoms with E-state index in [2.05, 4.69) is 38.9 Å². The largest absolute Gasteiger partial charge is 0.352 e. The Morgan fingerprint density at radius 2 is 1.83 bits per heavy atom. The average molecular weight is 407 g/mol. The van der Waals surface area contributed by atoms with Crippen molar-refractivity contribution in [2.75, 3.05) is 26.7 Å². The molecule has 1 N–H and O–H groups in total. The highest BCUT2D eigenvalue weighted by atomic mass is 16.1. The third-order valence-corrected chi connectivity index (χ3v) is 5.88. The first-order chi connectivity index (χ1) is 14.5. The minimum atomic E-state index is 0.0112. The molecule has 1 fully saturated rings. The molecule has 1 amide bonds. The molecule has 0 radical (unpaired) electrons. The van der Waals surface area contributed by atoms with Crippen LogP contribution in [-0.4, -0.2) is 47.0 Å². The molecule has 5 nitrogen and oxygen atoms in total. The van der Waals surface area contributed by atoms with Crippen LogP contribution in [0.1, 0.15) is 42.7 Å². The maximum atomic E-state index is 13.1. The second kappa shape index (κ2) is 9.90. The minimum absolute atomic E-state index is 0.0112. The van der Waals surface area contributed by atoms with Crippen LogP contribution < -0.4 is 5.32 Å². The Morgan fingerprint density at radius 3 is 2.50 bits per heavy atom. The number of aromatic nitrogens is 2. The van der Waals surface area contributed by atoms with E-state index < -0.39 is 0 Å². The lowest BCUT2D eigenvalue weighted by atomic mass is 9.96. The molecule has 1 aliphatic heterocycles. The molecular formula is C25H34N4O. The highest BCUT2D eigenvalue weighted by Gasteiger charge is 2.19. The minimum Gasteiger partial charge on any atom is -0.352 e. The molecule has 0 spiro atoms. The molecule has 30 heavy (non-hydrogen) atoms. The quantitative estimate of drug-likeness (QED) is 0.686. The lowest BCUT2D eigenvalue weighted by Gasteiger charge is -2.29. The molecule has 5 heteroatoms. The fourth-order valence-corrected chi connectivity index (χ4v) is 3.96. The van der Waals surface area contributed by atoms with Gasteiger partial charge in [-0.1, -0.05) is 19.9 Å². The summed E-state index contributed by atoms with van der Waals surface area (Å²) in [6.45, 7) is 8.95. The monoisotopic (exact) mass is 406 g/mol. The summed E-state index contributed by atoms with van der Waals surface area (Å²) in [5, 5.41) is 4.18.